The van der Waals surface area contributed by atoms with Crippen LogP contribution in [-0.2, 0) is 0 Å². The number of rotatable bonds is 8. The predicted molar refractivity (Wildman–Crippen MR) is 299 cm³/mol. The van der Waals surface area contributed by atoms with Gasteiger partial charge in [0.1, 0.15) is 11.2 Å². The number of furan rings is 1. The third kappa shape index (κ3) is 6.89. The first-order chi connectivity index (χ1) is 35.2. The second-order valence-electron chi connectivity index (χ2n) is 18.5. The third-order valence-corrected chi connectivity index (χ3v) is 14.4. The van der Waals surface area contributed by atoms with Crippen molar-refractivity contribution < 1.29 is 4.42 Å². The molecule has 0 aliphatic heterocycles. The summed E-state index contributed by atoms with van der Waals surface area (Å²) in [6, 6.07) is 96.7. The van der Waals surface area contributed by atoms with Gasteiger partial charge in [0.25, 0.3) is 0 Å². The minimum absolute atomic E-state index is 0.900. The Morgan fingerprint density at radius 3 is 1.56 bits per heavy atom. The van der Waals surface area contributed by atoms with Crippen molar-refractivity contribution >= 4 is 82.4 Å². The van der Waals surface area contributed by atoms with E-state index in [2.05, 4.69) is 276 Å². The maximum Gasteiger partial charge on any atom is 0.143 e. The monoisotopic (exact) mass is 904 g/mol. The number of anilines is 3. The molecule has 3 nitrogen and oxygen atoms in total. The fourth-order valence-corrected chi connectivity index (χ4v) is 10.9. The molecule has 14 aromatic rings. The van der Waals surface area contributed by atoms with Crippen LogP contribution in [0.2, 0.25) is 0 Å². The Kier molecular flexibility index (Phi) is 9.53. The average molecular weight is 905 g/mol. The van der Waals surface area contributed by atoms with Crippen LogP contribution in [0.25, 0.3) is 115 Å². The highest BCUT2D eigenvalue weighted by atomic mass is 16.3. The molecule has 332 valence electrons. The lowest BCUT2D eigenvalue weighted by Crippen LogP contribution is -2.11. The Balaban J connectivity index is 0.903. The first kappa shape index (κ1) is 40.6. The van der Waals surface area contributed by atoms with Crippen LogP contribution in [0.3, 0.4) is 0 Å². The van der Waals surface area contributed by atoms with Crippen molar-refractivity contribution in [2.45, 2.75) is 0 Å². The van der Waals surface area contributed by atoms with Gasteiger partial charge in [-0.05, 0) is 122 Å². The van der Waals surface area contributed by atoms with Gasteiger partial charge in [0, 0.05) is 55.1 Å². The van der Waals surface area contributed by atoms with Gasteiger partial charge in [0.2, 0.25) is 0 Å². The second-order valence-corrected chi connectivity index (χ2v) is 18.5. The SMILES string of the molecule is c1ccc(-c2cc(-c3ccc4ccccc4c3)ccc2N(c2ccc(-c3cccc(-n4c5ccccc5c5ccccc54)c3)cc2)c2ccc(-c3cccc4c3oc3c5ccccc5ccc43)cc2)cc1. The lowest BCUT2D eigenvalue weighted by atomic mass is 9.94. The van der Waals surface area contributed by atoms with Crippen molar-refractivity contribution in [2.75, 3.05) is 4.90 Å². The summed E-state index contributed by atoms with van der Waals surface area (Å²) in [6.45, 7) is 0. The molecule has 0 radical (unpaired) electrons. The molecule has 0 N–H and O–H groups in total. The molecule has 0 unspecified atom stereocenters. The summed E-state index contributed by atoms with van der Waals surface area (Å²) in [4.78, 5) is 2.41. The number of benzene rings is 12. The number of fused-ring (bicyclic) bond motifs is 9. The first-order valence-electron chi connectivity index (χ1n) is 24.3. The van der Waals surface area contributed by atoms with Crippen molar-refractivity contribution in [3.05, 3.63) is 267 Å². The van der Waals surface area contributed by atoms with E-state index in [1.54, 1.807) is 0 Å². The molecule has 0 bridgehead atoms. The molecule has 0 spiro atoms. The van der Waals surface area contributed by atoms with Crippen molar-refractivity contribution in [3.8, 4) is 50.2 Å². The van der Waals surface area contributed by atoms with Crippen molar-refractivity contribution in [1.82, 2.24) is 4.57 Å². The van der Waals surface area contributed by atoms with E-state index in [1.165, 1.54) is 49.1 Å². The molecule has 0 aliphatic carbocycles. The second kappa shape index (κ2) is 16.7. The molecule has 2 heterocycles. The van der Waals surface area contributed by atoms with E-state index in [9.17, 15) is 0 Å². The maximum absolute atomic E-state index is 6.81. The minimum atomic E-state index is 0.900. The molecule has 0 aliphatic rings. The molecule has 12 aromatic carbocycles. The molecule has 0 saturated carbocycles. The van der Waals surface area contributed by atoms with Gasteiger partial charge in [-0.1, -0.05) is 194 Å². The van der Waals surface area contributed by atoms with Gasteiger partial charge in [0.15, 0.2) is 0 Å². The van der Waals surface area contributed by atoms with E-state index in [0.717, 1.165) is 83.5 Å². The molecule has 0 atom stereocenters. The standard InChI is InChI=1S/C68H44N2O/c1-2-15-47(16-3-1)63-44-53(52-29-28-45-14-4-5-18-50(45)42-52)35-41-66(63)69(55-38-32-49(33-39-55)58-24-13-25-61-62-40-34-48-17-6-7-21-57(48)68(62)71-67(58)61)54-36-30-46(31-37-54)51-19-12-20-56(43-51)70-64-26-10-8-22-59(64)60-23-9-11-27-65(60)70/h1-44H. The molecule has 3 heteroatoms. The first-order valence-corrected chi connectivity index (χ1v) is 24.3. The largest absolute Gasteiger partial charge is 0.455 e. The van der Waals surface area contributed by atoms with Gasteiger partial charge in [0.05, 0.1) is 16.7 Å². The Bertz CT molecular complexity index is 4280. The van der Waals surface area contributed by atoms with E-state index in [-0.39, 0.29) is 0 Å². The summed E-state index contributed by atoms with van der Waals surface area (Å²) >= 11 is 0. The van der Waals surface area contributed by atoms with Gasteiger partial charge < -0.3 is 13.9 Å². The van der Waals surface area contributed by atoms with E-state index in [0.29, 0.717) is 0 Å². The van der Waals surface area contributed by atoms with Gasteiger partial charge in [-0.2, -0.15) is 0 Å². The lowest BCUT2D eigenvalue weighted by Gasteiger charge is -2.29. The Morgan fingerprint density at radius 2 is 0.803 bits per heavy atom. The van der Waals surface area contributed by atoms with E-state index in [1.807, 2.05) is 0 Å². The van der Waals surface area contributed by atoms with Gasteiger partial charge in [-0.25, -0.2) is 0 Å². The van der Waals surface area contributed by atoms with Crippen molar-refractivity contribution in [3.63, 3.8) is 0 Å². The molecule has 14 rings (SSSR count). The van der Waals surface area contributed by atoms with Crippen LogP contribution in [0.4, 0.5) is 17.1 Å². The summed E-state index contributed by atoms with van der Waals surface area (Å²) in [5, 5.41) is 9.52. The summed E-state index contributed by atoms with van der Waals surface area (Å²) in [7, 11) is 0. The average Bonchev–Trinajstić information content (AvgIpc) is 4.00. The van der Waals surface area contributed by atoms with Crippen molar-refractivity contribution in [1.29, 1.82) is 0 Å². The summed E-state index contributed by atoms with van der Waals surface area (Å²) < 4.78 is 9.19. The van der Waals surface area contributed by atoms with Crippen LogP contribution in [0, 0.1) is 0 Å². The molecule has 2 aromatic heterocycles. The van der Waals surface area contributed by atoms with E-state index >= 15 is 0 Å². The van der Waals surface area contributed by atoms with Crippen LogP contribution < -0.4 is 4.90 Å². The number of hydrogen-bond acceptors (Lipinski definition) is 2. The quantitative estimate of drug-likeness (QED) is 0.151. The van der Waals surface area contributed by atoms with Gasteiger partial charge in [-0.3, -0.25) is 0 Å². The van der Waals surface area contributed by atoms with Crippen LogP contribution in [-0.4, -0.2) is 4.57 Å². The number of hydrogen-bond donors (Lipinski definition) is 0. The molecule has 71 heavy (non-hydrogen) atoms. The predicted octanol–water partition coefficient (Wildman–Crippen LogP) is 19.1. The van der Waals surface area contributed by atoms with Gasteiger partial charge in [-0.15, -0.1) is 0 Å². The molecule has 0 amide bonds. The normalized spacial score (nSPS) is 11.7. The van der Waals surface area contributed by atoms with Crippen LogP contribution in [0.1, 0.15) is 0 Å². The topological polar surface area (TPSA) is 21.3 Å². The smallest absolute Gasteiger partial charge is 0.143 e. The highest BCUT2D eigenvalue weighted by Crippen LogP contribution is 2.45. The van der Waals surface area contributed by atoms with Crippen molar-refractivity contribution in [2.24, 2.45) is 0 Å². The highest BCUT2D eigenvalue weighted by molar-refractivity contribution is 6.17. The van der Waals surface area contributed by atoms with E-state index in [4.69, 9.17) is 4.42 Å². The van der Waals surface area contributed by atoms with Gasteiger partial charge >= 0.3 is 0 Å². The Labute approximate surface area is 411 Å². The highest BCUT2D eigenvalue weighted by Gasteiger charge is 2.21. The number of para-hydroxylation sites is 3. The molecule has 0 saturated heterocycles. The summed E-state index contributed by atoms with van der Waals surface area (Å²) in [5.74, 6) is 0. The third-order valence-electron chi connectivity index (χ3n) is 14.4. The summed E-state index contributed by atoms with van der Waals surface area (Å²) in [6.07, 6.45) is 0. The zero-order chi connectivity index (χ0) is 46.8. The minimum Gasteiger partial charge on any atom is -0.455 e. The molecular weight excluding hydrogens is 861 g/mol. The maximum atomic E-state index is 6.81. The molecule has 0 fully saturated rings. The zero-order valence-electron chi connectivity index (χ0n) is 38.7. The van der Waals surface area contributed by atoms with E-state index < -0.39 is 0 Å². The zero-order valence-corrected chi connectivity index (χ0v) is 38.7. The van der Waals surface area contributed by atoms with Crippen LogP contribution >= 0.6 is 0 Å². The van der Waals surface area contributed by atoms with Crippen LogP contribution in [0.5, 0.6) is 0 Å². The lowest BCUT2D eigenvalue weighted by molar-refractivity contribution is 0.674. The molecular formula is C68H44N2O. The fraction of sp³-hybridized carbons (Fsp3) is 0. The Morgan fingerprint density at radius 1 is 0.282 bits per heavy atom. The summed E-state index contributed by atoms with van der Waals surface area (Å²) in [5.41, 5.74) is 17.7. The number of nitrogens with zero attached hydrogens (tertiary/aromatic N) is 2. The number of aromatic nitrogens is 1. The van der Waals surface area contributed by atoms with Crippen LogP contribution in [0.15, 0.2) is 271 Å². The Hall–Kier alpha value is -9.44. The fourth-order valence-electron chi connectivity index (χ4n) is 10.9.